The van der Waals surface area contributed by atoms with E-state index in [1.54, 1.807) is 7.11 Å². The third-order valence-corrected chi connectivity index (χ3v) is 6.50. The average molecular weight is 395 g/mol. The largest absolute Gasteiger partial charge is 0.497 e. The first-order valence-electron chi connectivity index (χ1n) is 9.49. The summed E-state index contributed by atoms with van der Waals surface area (Å²) in [5.74, 6) is 6.00. The molecule has 1 aliphatic rings. The van der Waals surface area contributed by atoms with Crippen LogP contribution in [0.2, 0.25) is 0 Å². The summed E-state index contributed by atoms with van der Waals surface area (Å²) in [6, 6.07) is 7.74. The van der Waals surface area contributed by atoms with Crippen LogP contribution in [0.3, 0.4) is 0 Å². The second-order valence-corrected chi connectivity index (χ2v) is 8.67. The van der Waals surface area contributed by atoms with Crippen LogP contribution < -0.4 is 9.64 Å². The molecule has 2 rings (SSSR count). The van der Waals surface area contributed by atoms with Crippen molar-refractivity contribution in [3.8, 4) is 17.6 Å². The number of unbranched alkanes of at least 4 members (excludes halogenated alkanes) is 3. The Hall–Kier alpha value is -1.75. The lowest BCUT2D eigenvalue weighted by Gasteiger charge is -2.35. The van der Waals surface area contributed by atoms with Crippen molar-refractivity contribution in [2.45, 2.75) is 38.7 Å². The van der Waals surface area contributed by atoms with Gasteiger partial charge in [-0.25, -0.2) is 8.42 Å². The Morgan fingerprint density at radius 3 is 2.41 bits per heavy atom. The minimum Gasteiger partial charge on any atom is -0.497 e. The van der Waals surface area contributed by atoms with Gasteiger partial charge < -0.3 is 14.7 Å². The summed E-state index contributed by atoms with van der Waals surface area (Å²) in [6.07, 6.45) is 2.76. The molecule has 7 heteroatoms. The quantitative estimate of drug-likeness (QED) is 0.540. The van der Waals surface area contributed by atoms with E-state index in [4.69, 9.17) is 4.74 Å². The standard InChI is InChI=1S/C20H30N2O4S/c1-3-4-5-6-7-8-19(23)17-27(24,25)22-15-13-21(14-16-22)18-9-11-20(26-2)12-10-18/h9-12,19,23H,3-6,13-17H2,1-2H3. The summed E-state index contributed by atoms with van der Waals surface area (Å²) in [5, 5.41) is 9.95. The van der Waals surface area contributed by atoms with Crippen molar-refractivity contribution in [3.05, 3.63) is 24.3 Å². The Bertz CT molecular complexity index is 729. The first-order valence-corrected chi connectivity index (χ1v) is 11.1. The van der Waals surface area contributed by atoms with Crippen LogP contribution in [-0.2, 0) is 10.0 Å². The van der Waals surface area contributed by atoms with E-state index in [1.165, 1.54) is 4.31 Å². The van der Waals surface area contributed by atoms with Gasteiger partial charge in [0.15, 0.2) is 0 Å². The first kappa shape index (κ1) is 21.5. The molecule has 1 aliphatic heterocycles. The molecular weight excluding hydrogens is 364 g/mol. The van der Waals surface area contributed by atoms with Gasteiger partial charge in [-0.1, -0.05) is 25.7 Å². The number of aliphatic hydroxyl groups is 1. The highest BCUT2D eigenvalue weighted by atomic mass is 32.2. The predicted molar refractivity (Wildman–Crippen MR) is 108 cm³/mol. The molecule has 1 aromatic carbocycles. The number of methoxy groups -OCH3 is 1. The molecule has 1 unspecified atom stereocenters. The van der Waals surface area contributed by atoms with E-state index in [1.807, 2.05) is 24.3 Å². The third-order valence-electron chi connectivity index (χ3n) is 4.61. The van der Waals surface area contributed by atoms with Gasteiger partial charge in [-0.2, -0.15) is 4.31 Å². The number of hydrogen-bond acceptors (Lipinski definition) is 5. The molecule has 0 aromatic heterocycles. The first-order chi connectivity index (χ1) is 13.0. The summed E-state index contributed by atoms with van der Waals surface area (Å²) >= 11 is 0. The van der Waals surface area contributed by atoms with Crippen LogP contribution in [0.5, 0.6) is 5.75 Å². The maximum absolute atomic E-state index is 12.5. The molecule has 1 fully saturated rings. The Morgan fingerprint density at radius 2 is 1.81 bits per heavy atom. The van der Waals surface area contributed by atoms with Crippen LogP contribution in [0.25, 0.3) is 0 Å². The molecule has 0 bridgehead atoms. The van der Waals surface area contributed by atoms with E-state index in [0.717, 1.165) is 30.7 Å². The van der Waals surface area contributed by atoms with E-state index < -0.39 is 16.1 Å². The molecule has 0 radical (unpaired) electrons. The van der Waals surface area contributed by atoms with Crippen molar-refractivity contribution in [2.75, 3.05) is 43.9 Å². The van der Waals surface area contributed by atoms with Crippen molar-refractivity contribution in [1.82, 2.24) is 4.31 Å². The number of nitrogens with zero attached hydrogens (tertiary/aromatic N) is 2. The van der Waals surface area contributed by atoms with Gasteiger partial charge in [-0.05, 0) is 30.7 Å². The summed E-state index contributed by atoms with van der Waals surface area (Å²) in [6.45, 7) is 4.16. The number of anilines is 1. The summed E-state index contributed by atoms with van der Waals surface area (Å²) < 4.78 is 31.7. The predicted octanol–water partition coefficient (Wildman–Crippen LogP) is 2.09. The minimum atomic E-state index is -3.51. The second kappa shape index (κ2) is 10.5. The van der Waals surface area contributed by atoms with Gasteiger partial charge in [0, 0.05) is 38.3 Å². The molecule has 1 aromatic rings. The maximum Gasteiger partial charge on any atom is 0.217 e. The molecule has 1 atom stereocenters. The number of hydrogen-bond donors (Lipinski definition) is 1. The zero-order valence-electron chi connectivity index (χ0n) is 16.2. The highest BCUT2D eigenvalue weighted by Crippen LogP contribution is 2.21. The lowest BCUT2D eigenvalue weighted by Crippen LogP contribution is -2.50. The van der Waals surface area contributed by atoms with Gasteiger partial charge in [0.25, 0.3) is 0 Å². The number of aliphatic hydroxyl groups excluding tert-OH is 1. The van der Waals surface area contributed by atoms with Crippen LogP contribution in [0.1, 0.15) is 32.6 Å². The zero-order chi connectivity index (χ0) is 19.7. The average Bonchev–Trinajstić information content (AvgIpc) is 2.67. The van der Waals surface area contributed by atoms with E-state index in [9.17, 15) is 13.5 Å². The van der Waals surface area contributed by atoms with Gasteiger partial charge in [-0.3, -0.25) is 0 Å². The molecule has 1 N–H and O–H groups in total. The topological polar surface area (TPSA) is 70.1 Å². The Labute approximate surface area is 163 Å². The van der Waals surface area contributed by atoms with E-state index in [-0.39, 0.29) is 5.75 Å². The van der Waals surface area contributed by atoms with Gasteiger partial charge in [0.1, 0.15) is 17.6 Å². The maximum atomic E-state index is 12.5. The smallest absolute Gasteiger partial charge is 0.217 e. The van der Waals surface area contributed by atoms with Crippen molar-refractivity contribution in [1.29, 1.82) is 0 Å². The van der Waals surface area contributed by atoms with Gasteiger partial charge in [-0.15, -0.1) is 5.92 Å². The number of benzene rings is 1. The SMILES string of the molecule is CCCCCC#CC(O)CS(=O)(=O)N1CCN(c2ccc(OC)cc2)CC1. The van der Waals surface area contributed by atoms with Gasteiger partial charge in [0.05, 0.1) is 7.11 Å². The number of piperazine rings is 1. The van der Waals surface area contributed by atoms with Crippen LogP contribution in [-0.4, -0.2) is 63.0 Å². The van der Waals surface area contributed by atoms with E-state index in [2.05, 4.69) is 23.7 Å². The number of rotatable bonds is 8. The molecular formula is C20H30N2O4S. The Kier molecular flexibility index (Phi) is 8.42. The molecule has 6 nitrogen and oxygen atoms in total. The molecule has 0 amide bonds. The molecule has 150 valence electrons. The van der Waals surface area contributed by atoms with Crippen LogP contribution in [0.15, 0.2) is 24.3 Å². The zero-order valence-corrected chi connectivity index (χ0v) is 17.0. The second-order valence-electron chi connectivity index (χ2n) is 6.66. The summed E-state index contributed by atoms with van der Waals surface area (Å²) in [4.78, 5) is 2.15. The van der Waals surface area contributed by atoms with Gasteiger partial charge in [0.2, 0.25) is 10.0 Å². The van der Waals surface area contributed by atoms with Crippen LogP contribution in [0.4, 0.5) is 5.69 Å². The Morgan fingerprint density at radius 1 is 1.15 bits per heavy atom. The molecule has 27 heavy (non-hydrogen) atoms. The molecule has 0 aliphatic carbocycles. The fourth-order valence-corrected chi connectivity index (χ4v) is 4.43. The molecule has 1 saturated heterocycles. The van der Waals surface area contributed by atoms with Crippen molar-refractivity contribution in [3.63, 3.8) is 0 Å². The van der Waals surface area contributed by atoms with Crippen molar-refractivity contribution >= 4 is 15.7 Å². The summed E-state index contributed by atoms with van der Waals surface area (Å²) in [7, 11) is -1.88. The van der Waals surface area contributed by atoms with E-state index >= 15 is 0 Å². The van der Waals surface area contributed by atoms with Crippen LogP contribution >= 0.6 is 0 Å². The van der Waals surface area contributed by atoms with Crippen molar-refractivity contribution < 1.29 is 18.3 Å². The lowest BCUT2D eigenvalue weighted by atomic mass is 10.2. The summed E-state index contributed by atoms with van der Waals surface area (Å²) in [5.41, 5.74) is 1.05. The Balaban J connectivity index is 1.84. The molecule has 0 spiro atoms. The van der Waals surface area contributed by atoms with Crippen LogP contribution in [0, 0.1) is 11.8 Å². The highest BCUT2D eigenvalue weighted by molar-refractivity contribution is 7.89. The monoisotopic (exact) mass is 394 g/mol. The van der Waals surface area contributed by atoms with Gasteiger partial charge >= 0.3 is 0 Å². The third kappa shape index (κ3) is 6.73. The van der Waals surface area contributed by atoms with E-state index in [0.29, 0.717) is 32.6 Å². The fraction of sp³-hybridized carbons (Fsp3) is 0.600. The normalized spacial score (nSPS) is 16.5. The number of ether oxygens (including phenoxy) is 1. The highest BCUT2D eigenvalue weighted by Gasteiger charge is 2.28. The molecule has 1 heterocycles. The lowest BCUT2D eigenvalue weighted by molar-refractivity contribution is 0.251. The minimum absolute atomic E-state index is 0.337. The molecule has 0 saturated carbocycles. The fourth-order valence-electron chi connectivity index (χ4n) is 3.02. The van der Waals surface area contributed by atoms with Crippen molar-refractivity contribution in [2.24, 2.45) is 0 Å². The number of sulfonamides is 1.